The van der Waals surface area contributed by atoms with Crippen LogP contribution >= 0.6 is 0 Å². The van der Waals surface area contributed by atoms with E-state index in [1.807, 2.05) is 20.8 Å². The zero-order chi connectivity index (χ0) is 14.1. The van der Waals surface area contributed by atoms with Crippen molar-refractivity contribution in [1.29, 1.82) is 0 Å². The zero-order valence-corrected chi connectivity index (χ0v) is 11.2. The molecule has 0 bridgehead atoms. The second-order valence-corrected chi connectivity index (χ2v) is 5.65. The second-order valence-electron chi connectivity index (χ2n) is 5.65. The molecule has 0 aromatic heterocycles. The van der Waals surface area contributed by atoms with Crippen molar-refractivity contribution in [3.63, 3.8) is 0 Å². The minimum Gasteiger partial charge on any atom is -0.481 e. The number of carboxylic acid groups (broad SMARTS) is 1. The fourth-order valence-corrected chi connectivity index (χ4v) is 2.33. The molecule has 0 aromatic rings. The molecule has 2 N–H and O–H groups in total. The molecular weight excluding hydrogens is 236 g/mol. The van der Waals surface area contributed by atoms with E-state index in [4.69, 9.17) is 0 Å². The van der Waals surface area contributed by atoms with Crippen molar-refractivity contribution in [1.82, 2.24) is 10.2 Å². The SMILES string of the molecule is CNC(=O)CN1C(=O)CC1C(C(=O)O)C(C)(C)C. The Labute approximate surface area is 106 Å². The molecule has 0 saturated carbocycles. The van der Waals surface area contributed by atoms with Crippen molar-refractivity contribution in [2.45, 2.75) is 33.2 Å². The van der Waals surface area contributed by atoms with Crippen LogP contribution in [-0.4, -0.2) is 47.4 Å². The van der Waals surface area contributed by atoms with Crippen molar-refractivity contribution >= 4 is 17.8 Å². The lowest BCUT2D eigenvalue weighted by Gasteiger charge is -2.46. The summed E-state index contributed by atoms with van der Waals surface area (Å²) in [5.41, 5.74) is -0.460. The van der Waals surface area contributed by atoms with E-state index in [0.29, 0.717) is 0 Å². The highest BCUT2D eigenvalue weighted by atomic mass is 16.4. The maximum Gasteiger partial charge on any atom is 0.309 e. The normalized spacial score (nSPS) is 21.2. The fourth-order valence-electron chi connectivity index (χ4n) is 2.33. The van der Waals surface area contributed by atoms with Gasteiger partial charge in [-0.1, -0.05) is 20.8 Å². The number of hydrogen-bond donors (Lipinski definition) is 2. The van der Waals surface area contributed by atoms with Gasteiger partial charge in [-0.2, -0.15) is 0 Å². The van der Waals surface area contributed by atoms with Crippen LogP contribution in [0.5, 0.6) is 0 Å². The van der Waals surface area contributed by atoms with Gasteiger partial charge in [0.05, 0.1) is 18.5 Å². The fraction of sp³-hybridized carbons (Fsp3) is 0.750. The van der Waals surface area contributed by atoms with Crippen molar-refractivity contribution < 1.29 is 19.5 Å². The van der Waals surface area contributed by atoms with Crippen LogP contribution in [0.15, 0.2) is 0 Å². The van der Waals surface area contributed by atoms with Gasteiger partial charge in [-0.25, -0.2) is 0 Å². The number of nitrogens with zero attached hydrogens (tertiary/aromatic N) is 1. The van der Waals surface area contributed by atoms with Crippen LogP contribution in [0.1, 0.15) is 27.2 Å². The Morgan fingerprint density at radius 1 is 1.50 bits per heavy atom. The Morgan fingerprint density at radius 2 is 2.06 bits per heavy atom. The largest absolute Gasteiger partial charge is 0.481 e. The quantitative estimate of drug-likeness (QED) is 0.697. The zero-order valence-electron chi connectivity index (χ0n) is 11.2. The van der Waals surface area contributed by atoms with Crippen molar-refractivity contribution in [2.24, 2.45) is 11.3 Å². The number of amides is 2. The molecule has 1 aliphatic heterocycles. The molecule has 1 heterocycles. The summed E-state index contributed by atoms with van der Waals surface area (Å²) in [4.78, 5) is 35.5. The number of hydrogen-bond acceptors (Lipinski definition) is 3. The Bertz CT molecular complexity index is 373. The monoisotopic (exact) mass is 256 g/mol. The Balaban J connectivity index is 2.84. The third kappa shape index (κ3) is 2.80. The van der Waals surface area contributed by atoms with Crippen LogP contribution in [0.4, 0.5) is 0 Å². The van der Waals surface area contributed by atoms with E-state index in [0.717, 1.165) is 0 Å². The summed E-state index contributed by atoms with van der Waals surface area (Å²) in [7, 11) is 1.49. The number of carboxylic acids is 1. The summed E-state index contributed by atoms with van der Waals surface area (Å²) in [5.74, 6) is -2.05. The minimum absolute atomic E-state index is 0.0696. The number of nitrogens with one attached hydrogen (secondary N) is 1. The predicted octanol–water partition coefficient (Wildman–Crippen LogP) is 0.0802. The van der Waals surface area contributed by atoms with E-state index in [1.165, 1.54) is 11.9 Å². The molecule has 2 amide bonds. The summed E-state index contributed by atoms with van der Waals surface area (Å²) in [6.07, 6.45) is 0.200. The van der Waals surface area contributed by atoms with Crippen LogP contribution < -0.4 is 5.32 Å². The van der Waals surface area contributed by atoms with Gasteiger partial charge >= 0.3 is 5.97 Å². The number of carbonyl (C=O) groups excluding carboxylic acids is 2. The maximum absolute atomic E-state index is 11.5. The lowest BCUT2D eigenvalue weighted by Crippen LogP contribution is -2.62. The summed E-state index contributed by atoms with van der Waals surface area (Å²) in [6.45, 7) is 5.41. The Morgan fingerprint density at radius 3 is 2.39 bits per heavy atom. The number of likely N-dealkylation sites (tertiary alicyclic amines) is 1. The van der Waals surface area contributed by atoms with E-state index in [9.17, 15) is 19.5 Å². The average Bonchev–Trinajstić information content (AvgIpc) is 2.22. The minimum atomic E-state index is -0.929. The molecule has 2 atom stereocenters. The third-order valence-corrected chi connectivity index (χ3v) is 3.28. The van der Waals surface area contributed by atoms with Gasteiger partial charge in [0, 0.05) is 13.5 Å². The average molecular weight is 256 g/mol. The van der Waals surface area contributed by atoms with Crippen LogP contribution in [-0.2, 0) is 14.4 Å². The first-order valence-electron chi connectivity index (χ1n) is 5.91. The molecule has 0 aromatic carbocycles. The lowest BCUT2D eigenvalue weighted by atomic mass is 9.72. The summed E-state index contributed by atoms with van der Waals surface area (Å²) in [5, 5.41) is 11.7. The number of β-lactam (4-membered cyclic amide) rings is 1. The summed E-state index contributed by atoms with van der Waals surface area (Å²) < 4.78 is 0. The van der Waals surface area contributed by atoms with Gasteiger partial charge in [0.2, 0.25) is 11.8 Å². The molecule has 18 heavy (non-hydrogen) atoms. The molecule has 2 unspecified atom stereocenters. The topological polar surface area (TPSA) is 86.7 Å². The molecule has 1 saturated heterocycles. The Hall–Kier alpha value is -1.59. The molecular formula is C12H20N2O4. The second kappa shape index (κ2) is 4.96. The number of aliphatic carboxylic acids is 1. The maximum atomic E-state index is 11.5. The summed E-state index contributed by atoms with van der Waals surface area (Å²) >= 11 is 0. The highest BCUT2D eigenvalue weighted by Gasteiger charge is 2.49. The van der Waals surface area contributed by atoms with Gasteiger partial charge in [0.15, 0.2) is 0 Å². The molecule has 102 valence electrons. The number of likely N-dealkylation sites (N-methyl/N-ethyl adjacent to an activating group) is 1. The summed E-state index contributed by atoms with van der Waals surface area (Å²) in [6, 6.07) is -0.396. The van der Waals surface area contributed by atoms with Crippen molar-refractivity contribution in [2.75, 3.05) is 13.6 Å². The first-order chi connectivity index (χ1) is 8.18. The van der Waals surface area contributed by atoms with Crippen LogP contribution in [0.3, 0.4) is 0 Å². The smallest absolute Gasteiger partial charge is 0.309 e. The van der Waals surface area contributed by atoms with Crippen LogP contribution in [0.2, 0.25) is 0 Å². The van der Waals surface area contributed by atoms with Crippen molar-refractivity contribution in [3.8, 4) is 0 Å². The molecule has 1 aliphatic rings. The van der Waals surface area contributed by atoms with Crippen molar-refractivity contribution in [3.05, 3.63) is 0 Å². The molecule has 0 spiro atoms. The molecule has 0 aliphatic carbocycles. The highest BCUT2D eigenvalue weighted by molar-refractivity contribution is 5.90. The van der Waals surface area contributed by atoms with Gasteiger partial charge in [-0.3, -0.25) is 14.4 Å². The van der Waals surface area contributed by atoms with Gasteiger partial charge in [0.25, 0.3) is 0 Å². The van der Waals surface area contributed by atoms with Gasteiger partial charge in [-0.05, 0) is 5.41 Å². The van der Waals surface area contributed by atoms with E-state index >= 15 is 0 Å². The molecule has 6 heteroatoms. The standard InChI is InChI=1S/C12H20N2O4/c1-12(2,3)10(11(17)18)7-5-9(16)14(7)6-8(15)13-4/h7,10H,5-6H2,1-4H3,(H,13,15)(H,17,18). The first-order valence-corrected chi connectivity index (χ1v) is 5.91. The van der Waals surface area contributed by atoms with Gasteiger partial charge in [0.1, 0.15) is 0 Å². The Kier molecular flexibility index (Phi) is 3.98. The van der Waals surface area contributed by atoms with E-state index in [-0.39, 0.29) is 24.8 Å². The van der Waals surface area contributed by atoms with Crippen LogP contribution in [0.25, 0.3) is 0 Å². The lowest BCUT2D eigenvalue weighted by molar-refractivity contribution is -0.164. The molecule has 6 nitrogen and oxygen atoms in total. The number of rotatable bonds is 4. The molecule has 0 radical (unpaired) electrons. The van der Waals surface area contributed by atoms with E-state index in [1.54, 1.807) is 0 Å². The van der Waals surface area contributed by atoms with E-state index < -0.39 is 23.3 Å². The van der Waals surface area contributed by atoms with Gasteiger partial charge < -0.3 is 15.3 Å². The van der Waals surface area contributed by atoms with Gasteiger partial charge in [-0.15, -0.1) is 0 Å². The predicted molar refractivity (Wildman–Crippen MR) is 64.8 cm³/mol. The molecule has 1 fully saturated rings. The third-order valence-electron chi connectivity index (χ3n) is 3.28. The number of carbonyl (C=O) groups is 3. The van der Waals surface area contributed by atoms with Crippen LogP contribution in [0, 0.1) is 11.3 Å². The molecule has 1 rings (SSSR count). The first kappa shape index (κ1) is 14.5. The van der Waals surface area contributed by atoms with E-state index in [2.05, 4.69) is 5.32 Å². The highest BCUT2D eigenvalue weighted by Crippen LogP contribution is 2.37.